The summed E-state index contributed by atoms with van der Waals surface area (Å²) < 4.78 is 73.5. The van der Waals surface area contributed by atoms with Crippen molar-refractivity contribution in [2.75, 3.05) is 13.2 Å². The van der Waals surface area contributed by atoms with Crippen LogP contribution in [0.2, 0.25) is 0 Å². The number of phosphoric acid groups is 2. The number of aliphatic hydroxyl groups is 6. The van der Waals surface area contributed by atoms with Gasteiger partial charge in [0.25, 0.3) is 0 Å². The predicted molar refractivity (Wildman–Crippen MR) is 537 cm³/mol. The van der Waals surface area contributed by atoms with Gasteiger partial charge in [0.15, 0.2) is 24.8 Å². The average molecular weight is 1970 g/mol. The summed E-state index contributed by atoms with van der Waals surface area (Å²) >= 11 is 0. The fourth-order valence-electron chi connectivity index (χ4n) is 18.9. The van der Waals surface area contributed by atoms with Crippen molar-refractivity contribution in [2.45, 2.75) is 634 Å². The molecular weight excluding hydrogens is 1760 g/mol. The summed E-state index contributed by atoms with van der Waals surface area (Å²) in [5.41, 5.74) is 0. The fourth-order valence-corrected chi connectivity index (χ4v) is 20.0. The Morgan fingerprint density at radius 2 is 0.593 bits per heavy atom. The van der Waals surface area contributed by atoms with Gasteiger partial charge in [0, 0.05) is 6.42 Å². The Bertz CT molecular complexity index is 2880. The normalized spacial score (nSPS) is 19.9. The molecule has 0 aliphatic carbocycles. The van der Waals surface area contributed by atoms with Crippen molar-refractivity contribution >= 4 is 45.4 Å². The summed E-state index contributed by atoms with van der Waals surface area (Å²) in [6.07, 6.45) is 54.9. The Morgan fingerprint density at radius 1 is 0.319 bits per heavy atom. The van der Waals surface area contributed by atoms with Crippen LogP contribution in [0.15, 0.2) is 0 Å². The number of unbranched alkanes of at least 4 members (excludes halogenated alkanes) is 64. The van der Waals surface area contributed by atoms with E-state index in [4.69, 9.17) is 37.5 Å². The van der Waals surface area contributed by atoms with Gasteiger partial charge in [-0.1, -0.05) is 458 Å². The number of phosphoric ester groups is 2. The Labute approximate surface area is 819 Å². The van der Waals surface area contributed by atoms with Crippen molar-refractivity contribution in [1.29, 1.82) is 0 Å². The van der Waals surface area contributed by atoms with Crippen LogP contribution in [-0.2, 0) is 70.6 Å². The maximum atomic E-state index is 15.1. The number of hydrogen-bond acceptors (Lipinski definition) is 21. The van der Waals surface area contributed by atoms with Gasteiger partial charge in [0.05, 0.1) is 63.3 Å². The number of carbonyl (C=O) groups is 5. The van der Waals surface area contributed by atoms with E-state index in [1.807, 2.05) is 6.92 Å². The molecule has 12 N–H and O–H groups in total. The number of hydrogen-bond donors (Lipinski definition) is 12. The Kier molecular flexibility index (Phi) is 82.4. The zero-order valence-corrected chi connectivity index (χ0v) is 87.7. The molecule has 2 heterocycles. The molecule has 0 aromatic rings. The fraction of sp³-hybridized carbons (Fsp3) is 0.953. The number of carbonyl (C=O) groups excluding carboxylic acids is 5. The zero-order chi connectivity index (χ0) is 98.9. The van der Waals surface area contributed by atoms with Crippen LogP contribution < -0.4 is 10.6 Å². The van der Waals surface area contributed by atoms with Crippen molar-refractivity contribution < 1.29 is 121 Å². The van der Waals surface area contributed by atoms with Gasteiger partial charge in [-0.25, -0.2) is 9.13 Å². The van der Waals surface area contributed by atoms with E-state index in [-0.39, 0.29) is 38.2 Å². The maximum absolute atomic E-state index is 15.1. The molecule has 0 radical (unpaired) electrons. The quantitative estimate of drug-likeness (QED) is 0.0116. The van der Waals surface area contributed by atoms with E-state index in [0.29, 0.717) is 32.1 Å². The van der Waals surface area contributed by atoms with Gasteiger partial charge in [-0.2, -0.15) is 0 Å². The third kappa shape index (κ3) is 73.9. The molecule has 0 aromatic heterocycles. The van der Waals surface area contributed by atoms with E-state index >= 15 is 4.79 Å². The van der Waals surface area contributed by atoms with Crippen LogP contribution >= 0.6 is 15.6 Å². The molecule has 0 bridgehead atoms. The van der Waals surface area contributed by atoms with Gasteiger partial charge in [-0.3, -0.25) is 33.0 Å². The van der Waals surface area contributed by atoms with Crippen molar-refractivity contribution in [3.63, 3.8) is 0 Å². The van der Waals surface area contributed by atoms with E-state index in [0.717, 1.165) is 199 Å². The molecule has 0 spiro atoms. The SMILES string of the molecule is CCCCCCCCCCCCCCC[C@@H](O)CC(=O)N[C@H]1[C@@H](OP(=O)(O)O)O[C@H](CO[C@@H]2O[C@H](CO)[C@@H](OP(=O)(O)O)[C@H](OC(=O)C[C@H](O)CCCCCCCCCCC)[C@H]2NC(=O)C[C@@H](CCCCCCCCCCCCCCC)OC(=O)CCCCCCCCCCCCCCCCCCCCCCCCCCC[C@@H](C)O)[C@@H](O)[C@@H]1OC(=O)C[C@H](O)CCCCCCCCCCC. The molecule has 2 aliphatic rings. The van der Waals surface area contributed by atoms with Gasteiger partial charge in [0.1, 0.15) is 42.6 Å². The van der Waals surface area contributed by atoms with E-state index in [9.17, 15) is 78.5 Å². The number of nitrogens with one attached hydrogen (secondary N) is 2. The van der Waals surface area contributed by atoms with Gasteiger partial charge in [-0.05, 0) is 51.9 Å². The van der Waals surface area contributed by atoms with E-state index in [1.54, 1.807) is 0 Å². The van der Waals surface area contributed by atoms with E-state index in [2.05, 4.69) is 38.3 Å². The molecule has 798 valence electrons. The largest absolute Gasteiger partial charge is 0.472 e. The average Bonchev–Trinajstić information content (AvgIpc) is 0.777. The van der Waals surface area contributed by atoms with Gasteiger partial charge >= 0.3 is 33.6 Å². The van der Waals surface area contributed by atoms with Gasteiger partial charge < -0.3 is 89.3 Å². The summed E-state index contributed by atoms with van der Waals surface area (Å²) in [5.74, 6) is -4.49. The van der Waals surface area contributed by atoms with Crippen LogP contribution in [0.5, 0.6) is 0 Å². The lowest BCUT2D eigenvalue weighted by atomic mass is 9.95. The minimum absolute atomic E-state index is 0.0939. The minimum Gasteiger partial charge on any atom is -0.462 e. The second kappa shape index (κ2) is 86.7. The Hall–Kier alpha value is -2.79. The molecular formula is C106H204N2O25P2. The Morgan fingerprint density at radius 3 is 0.911 bits per heavy atom. The molecule has 0 saturated carbocycles. The molecule has 0 unspecified atom stereocenters. The number of ether oxygens (including phenoxy) is 6. The van der Waals surface area contributed by atoms with Gasteiger partial charge in [0.2, 0.25) is 11.8 Å². The standard InChI is InChI=1S/C106H204N2O25P2/c1-6-10-14-18-22-26-28-43-48-54-60-64-70-76-88(111)81-94(114)107-99-103(130-97(117)82-89(112)77-71-65-58-51-24-20-16-12-8-3)101(119)93(129-106(99)133-135(123,124)125)86-126-105-100(104(102(92(85-109)128-105)132-134(120,121)122)131-98(118)83-90(113)78-72-66-59-52-25-21-17-13-9-4)108-95(115)84-91(79-73-67-61-55-49-44-29-27-23-19-15-11-7-2)127-96(116)80-74-68-62-56-50-46-42-40-38-36-34-32-30-31-33-35-37-39-41-45-47-53-57-63-69-75-87(5)110/h87-93,99-106,109-113,119H,6-86H2,1-5H3,(H,107,114)(H,108,115)(H2,120,121,122)(H2,123,124,125)/t87-,88-,89-,90-,91-,92-,93-,99-,100-,101-,102-,103-,104-,105-,106-/m1/s1. The van der Waals surface area contributed by atoms with Crippen molar-refractivity contribution in [3.8, 4) is 0 Å². The summed E-state index contributed by atoms with van der Waals surface area (Å²) in [4.78, 5) is 114. The summed E-state index contributed by atoms with van der Waals surface area (Å²) in [5, 5.41) is 72.2. The highest BCUT2D eigenvalue weighted by Crippen LogP contribution is 2.44. The smallest absolute Gasteiger partial charge is 0.462 e. The third-order valence-corrected chi connectivity index (χ3v) is 28.1. The molecule has 15 atom stereocenters. The highest BCUT2D eigenvalue weighted by Gasteiger charge is 2.55. The number of aliphatic hydroxyl groups excluding tert-OH is 6. The van der Waals surface area contributed by atoms with E-state index < -0.39 is 170 Å². The number of rotatable bonds is 97. The van der Waals surface area contributed by atoms with Crippen molar-refractivity contribution in [3.05, 3.63) is 0 Å². The molecule has 2 fully saturated rings. The topological polar surface area (TPSA) is 420 Å². The third-order valence-electron chi connectivity index (χ3n) is 27.1. The molecule has 27 nitrogen and oxygen atoms in total. The van der Waals surface area contributed by atoms with Crippen LogP contribution in [0, 0.1) is 0 Å². The van der Waals surface area contributed by atoms with Crippen LogP contribution in [-0.4, -0.2) is 185 Å². The minimum atomic E-state index is -5.67. The first-order chi connectivity index (χ1) is 65.2. The van der Waals surface area contributed by atoms with Crippen molar-refractivity contribution in [2.24, 2.45) is 0 Å². The first-order valence-corrected chi connectivity index (χ1v) is 58.9. The summed E-state index contributed by atoms with van der Waals surface area (Å²) in [7, 11) is -11.3. The van der Waals surface area contributed by atoms with Crippen molar-refractivity contribution in [1.82, 2.24) is 10.6 Å². The van der Waals surface area contributed by atoms with Crippen LogP contribution in [0.4, 0.5) is 0 Å². The lowest BCUT2D eigenvalue weighted by Crippen LogP contribution is -2.68. The first kappa shape index (κ1) is 128. The molecule has 135 heavy (non-hydrogen) atoms. The number of esters is 3. The van der Waals surface area contributed by atoms with Crippen LogP contribution in [0.3, 0.4) is 0 Å². The monoisotopic (exact) mass is 1970 g/mol. The van der Waals surface area contributed by atoms with Gasteiger partial charge in [-0.15, -0.1) is 0 Å². The molecule has 0 aromatic carbocycles. The predicted octanol–water partition coefficient (Wildman–Crippen LogP) is 24.5. The first-order valence-electron chi connectivity index (χ1n) is 55.8. The highest BCUT2D eigenvalue weighted by atomic mass is 31.2. The Balaban J connectivity index is 2.49. The van der Waals surface area contributed by atoms with Crippen LogP contribution in [0.1, 0.15) is 542 Å². The summed E-state index contributed by atoms with van der Waals surface area (Å²) in [6.45, 7) is 8.53. The molecule has 2 aliphatic heterocycles. The molecule has 2 rings (SSSR count). The lowest BCUT2D eigenvalue weighted by Gasteiger charge is -2.47. The second-order valence-electron chi connectivity index (χ2n) is 40.3. The van der Waals surface area contributed by atoms with Crippen LogP contribution in [0.25, 0.3) is 0 Å². The lowest BCUT2D eigenvalue weighted by molar-refractivity contribution is -0.296. The molecule has 29 heteroatoms. The maximum Gasteiger partial charge on any atom is 0.472 e. The zero-order valence-electron chi connectivity index (χ0n) is 85.9. The summed E-state index contributed by atoms with van der Waals surface area (Å²) in [6, 6.07) is -3.82. The van der Waals surface area contributed by atoms with E-state index in [1.165, 1.54) is 218 Å². The number of amides is 2. The molecule has 2 saturated heterocycles. The second-order valence-corrected chi connectivity index (χ2v) is 42.6. The molecule has 2 amide bonds. The highest BCUT2D eigenvalue weighted by molar-refractivity contribution is 7.46.